The molecule has 2 nitrogen and oxygen atoms in total. The van der Waals surface area contributed by atoms with E-state index in [1.807, 2.05) is 11.3 Å². The van der Waals surface area contributed by atoms with Crippen LogP contribution in [0.5, 0.6) is 0 Å². The molecule has 0 fully saturated rings. The first-order valence-corrected chi connectivity index (χ1v) is 9.09. The molecule has 0 aliphatic heterocycles. The van der Waals surface area contributed by atoms with Crippen molar-refractivity contribution in [3.05, 3.63) is 42.2 Å². The van der Waals surface area contributed by atoms with Gasteiger partial charge < -0.3 is 0 Å². The molecule has 102 valence electrons. The zero-order chi connectivity index (χ0) is 13.2. The Morgan fingerprint density at radius 2 is 2.11 bits per heavy atom. The van der Waals surface area contributed by atoms with Gasteiger partial charge >= 0.3 is 0 Å². The Morgan fingerprint density at radius 3 is 2.84 bits per heavy atom. The van der Waals surface area contributed by atoms with E-state index in [-0.39, 0.29) is 6.04 Å². The van der Waals surface area contributed by atoms with Crippen LogP contribution in [0.25, 0.3) is 0 Å². The predicted octanol–water partition coefficient (Wildman–Crippen LogP) is 4.39. The minimum atomic E-state index is 0.117. The van der Waals surface area contributed by atoms with E-state index in [0.717, 1.165) is 4.47 Å². The smallest absolute Gasteiger partial charge is 0.0905 e. The summed E-state index contributed by atoms with van der Waals surface area (Å²) in [4.78, 5) is 4.18. The first kappa shape index (κ1) is 13.8. The highest BCUT2D eigenvalue weighted by Gasteiger charge is 2.21. The highest BCUT2D eigenvalue weighted by atomic mass is 79.9. The van der Waals surface area contributed by atoms with E-state index in [9.17, 15) is 0 Å². The van der Waals surface area contributed by atoms with Gasteiger partial charge in [-0.2, -0.15) is 0 Å². The number of hydrogen-bond acceptors (Lipinski definition) is 4. The van der Waals surface area contributed by atoms with E-state index in [1.54, 1.807) is 21.8 Å². The molecule has 2 aromatic rings. The van der Waals surface area contributed by atoms with Gasteiger partial charge in [0, 0.05) is 19.1 Å². The molecule has 2 aromatic heterocycles. The van der Waals surface area contributed by atoms with Crippen molar-refractivity contribution in [3.63, 3.8) is 0 Å². The zero-order valence-electron chi connectivity index (χ0n) is 10.6. The van der Waals surface area contributed by atoms with Crippen molar-refractivity contribution >= 4 is 38.6 Å². The summed E-state index contributed by atoms with van der Waals surface area (Å²) >= 11 is 7.28. The first-order valence-electron chi connectivity index (χ1n) is 6.60. The van der Waals surface area contributed by atoms with Crippen LogP contribution in [0.4, 0.5) is 0 Å². The molecule has 3 N–H and O–H groups in total. The topological polar surface area (TPSA) is 38.0 Å². The van der Waals surface area contributed by atoms with Crippen molar-refractivity contribution in [1.82, 2.24) is 5.43 Å². The highest BCUT2D eigenvalue weighted by molar-refractivity contribution is 9.10. The number of rotatable bonds is 3. The molecule has 0 amide bonds. The number of halogens is 1. The van der Waals surface area contributed by atoms with Gasteiger partial charge in [-0.15, -0.1) is 22.7 Å². The van der Waals surface area contributed by atoms with Crippen LogP contribution in [-0.2, 0) is 12.8 Å². The number of fused-ring (bicyclic) bond motifs is 1. The summed E-state index contributed by atoms with van der Waals surface area (Å²) < 4.78 is 1.14. The van der Waals surface area contributed by atoms with Crippen molar-refractivity contribution in [2.24, 2.45) is 5.84 Å². The van der Waals surface area contributed by atoms with Crippen LogP contribution in [0.15, 0.2) is 22.0 Å². The van der Waals surface area contributed by atoms with E-state index in [0.29, 0.717) is 0 Å². The molecule has 5 heteroatoms. The number of thiophene rings is 2. The van der Waals surface area contributed by atoms with Crippen LogP contribution >= 0.6 is 38.6 Å². The van der Waals surface area contributed by atoms with Crippen LogP contribution in [0.1, 0.15) is 45.5 Å². The van der Waals surface area contributed by atoms with Crippen LogP contribution in [0.3, 0.4) is 0 Å². The Bertz CT molecular complexity index is 538. The molecule has 0 spiro atoms. The van der Waals surface area contributed by atoms with Gasteiger partial charge in [-0.25, -0.2) is 5.43 Å². The lowest BCUT2D eigenvalue weighted by Crippen LogP contribution is -2.27. The van der Waals surface area contributed by atoms with Crippen LogP contribution in [0, 0.1) is 0 Å². The lowest BCUT2D eigenvalue weighted by Gasteiger charge is -2.13. The van der Waals surface area contributed by atoms with Crippen molar-refractivity contribution in [1.29, 1.82) is 0 Å². The van der Waals surface area contributed by atoms with Gasteiger partial charge in [-0.05, 0) is 64.7 Å². The summed E-state index contributed by atoms with van der Waals surface area (Å²) in [5.74, 6) is 5.80. The summed E-state index contributed by atoms with van der Waals surface area (Å²) in [7, 11) is 0. The molecule has 0 bridgehead atoms. The summed E-state index contributed by atoms with van der Waals surface area (Å²) in [6.45, 7) is 0. The molecule has 1 unspecified atom stereocenters. The summed E-state index contributed by atoms with van der Waals surface area (Å²) in [5, 5.41) is 2.10. The third-order valence-corrected chi connectivity index (χ3v) is 6.86. The second-order valence-corrected chi connectivity index (χ2v) is 7.86. The fourth-order valence-electron chi connectivity index (χ4n) is 2.63. The monoisotopic (exact) mass is 356 g/mol. The summed E-state index contributed by atoms with van der Waals surface area (Å²) in [6, 6.07) is 4.57. The number of nitrogens with two attached hydrogens (primary N) is 1. The van der Waals surface area contributed by atoms with E-state index < -0.39 is 0 Å². The third-order valence-electron chi connectivity index (χ3n) is 3.62. The molecule has 3 rings (SSSR count). The van der Waals surface area contributed by atoms with Gasteiger partial charge in [0.2, 0.25) is 0 Å². The molecule has 1 aliphatic rings. The van der Waals surface area contributed by atoms with E-state index in [4.69, 9.17) is 5.84 Å². The number of nitrogens with one attached hydrogen (secondary N) is 1. The second-order valence-electron chi connectivity index (χ2n) is 4.89. The SMILES string of the molecule is NNC(c1cc2c(s1)CCCCC2)c1sccc1Br. The standard InChI is InChI=1S/C14H17BrN2S2/c15-10-6-7-18-14(10)13(17-16)12-8-9-4-2-1-3-5-11(9)19-12/h6-8,13,17H,1-5,16H2. The van der Waals surface area contributed by atoms with Crippen molar-refractivity contribution in [3.8, 4) is 0 Å². The Hall–Kier alpha value is -0.200. The maximum Gasteiger partial charge on any atom is 0.0905 e. The largest absolute Gasteiger partial charge is 0.271 e. The average molecular weight is 357 g/mol. The molecule has 0 saturated heterocycles. The molecule has 0 radical (unpaired) electrons. The van der Waals surface area contributed by atoms with Crippen LogP contribution in [-0.4, -0.2) is 0 Å². The van der Waals surface area contributed by atoms with Gasteiger partial charge in [-0.1, -0.05) is 6.42 Å². The molecule has 2 heterocycles. The van der Waals surface area contributed by atoms with E-state index >= 15 is 0 Å². The molecule has 0 saturated carbocycles. The van der Waals surface area contributed by atoms with Crippen molar-refractivity contribution < 1.29 is 0 Å². The lowest BCUT2D eigenvalue weighted by atomic mass is 10.1. The van der Waals surface area contributed by atoms with Gasteiger partial charge in [0.15, 0.2) is 0 Å². The molecular formula is C14H17BrN2S2. The molecular weight excluding hydrogens is 340 g/mol. The van der Waals surface area contributed by atoms with E-state index in [2.05, 4.69) is 38.9 Å². The Morgan fingerprint density at radius 1 is 1.26 bits per heavy atom. The fraction of sp³-hybridized carbons (Fsp3) is 0.429. The van der Waals surface area contributed by atoms with Crippen LogP contribution < -0.4 is 11.3 Å². The zero-order valence-corrected chi connectivity index (χ0v) is 13.8. The molecule has 0 aromatic carbocycles. The normalized spacial score (nSPS) is 16.9. The second kappa shape index (κ2) is 6.06. The Balaban J connectivity index is 1.94. The minimum Gasteiger partial charge on any atom is -0.271 e. The van der Waals surface area contributed by atoms with Gasteiger partial charge in [0.05, 0.1) is 6.04 Å². The predicted molar refractivity (Wildman–Crippen MR) is 86.8 cm³/mol. The van der Waals surface area contributed by atoms with Crippen molar-refractivity contribution in [2.75, 3.05) is 0 Å². The van der Waals surface area contributed by atoms with Gasteiger partial charge in [0.25, 0.3) is 0 Å². The van der Waals surface area contributed by atoms with Gasteiger partial charge in [-0.3, -0.25) is 5.84 Å². The Labute approximate surface area is 130 Å². The molecule has 1 aliphatic carbocycles. The molecule has 1 atom stereocenters. The number of hydrazine groups is 1. The number of hydrogen-bond donors (Lipinski definition) is 2. The molecule has 19 heavy (non-hydrogen) atoms. The summed E-state index contributed by atoms with van der Waals surface area (Å²) in [5.41, 5.74) is 4.52. The first-order chi connectivity index (χ1) is 9.29. The lowest BCUT2D eigenvalue weighted by molar-refractivity contribution is 0.653. The minimum absolute atomic E-state index is 0.117. The third kappa shape index (κ3) is 2.81. The Kier molecular flexibility index (Phi) is 4.39. The fourth-order valence-corrected chi connectivity index (χ4v) is 5.71. The highest BCUT2D eigenvalue weighted by Crippen LogP contribution is 2.38. The van der Waals surface area contributed by atoms with E-state index in [1.165, 1.54) is 41.9 Å². The maximum atomic E-state index is 5.80. The number of aryl methyl sites for hydroxylation is 2. The van der Waals surface area contributed by atoms with Crippen LogP contribution in [0.2, 0.25) is 0 Å². The van der Waals surface area contributed by atoms with Crippen molar-refractivity contribution in [2.45, 2.75) is 38.1 Å². The quantitative estimate of drug-likeness (QED) is 0.486. The maximum absolute atomic E-state index is 5.80. The summed E-state index contributed by atoms with van der Waals surface area (Å²) in [6.07, 6.45) is 6.49. The average Bonchev–Trinajstić information content (AvgIpc) is 2.93. The van der Waals surface area contributed by atoms with Gasteiger partial charge in [0.1, 0.15) is 0 Å².